The molecule has 0 saturated heterocycles. The van der Waals surface area contributed by atoms with Crippen molar-refractivity contribution in [3.05, 3.63) is 22.7 Å². The zero-order valence-corrected chi connectivity index (χ0v) is 9.80. The summed E-state index contributed by atoms with van der Waals surface area (Å²) in [6, 6.07) is 2.01. The Balaban J connectivity index is 3.08. The fourth-order valence-electron chi connectivity index (χ4n) is 1.14. The van der Waals surface area contributed by atoms with Gasteiger partial charge in [-0.3, -0.25) is 0 Å². The summed E-state index contributed by atoms with van der Waals surface area (Å²) in [7, 11) is 1.16. The summed E-state index contributed by atoms with van der Waals surface area (Å²) in [5, 5.41) is 8.48. The molecule has 1 rings (SSSR count). The molecule has 1 aromatic carbocycles. The van der Waals surface area contributed by atoms with E-state index in [0.29, 0.717) is 0 Å². The number of ether oxygens (including phenoxy) is 2. The van der Waals surface area contributed by atoms with Gasteiger partial charge in [0.05, 0.1) is 17.7 Å². The van der Waals surface area contributed by atoms with Gasteiger partial charge in [-0.15, -0.1) is 0 Å². The van der Waals surface area contributed by atoms with Crippen molar-refractivity contribution in [1.29, 1.82) is 0 Å². The summed E-state index contributed by atoms with van der Waals surface area (Å²) < 4.78 is 45.3. The number of hydrogen-bond acceptors (Lipinski definition) is 3. The van der Waals surface area contributed by atoms with Crippen molar-refractivity contribution in [2.75, 3.05) is 13.7 Å². The van der Waals surface area contributed by atoms with Gasteiger partial charge >= 0.3 is 12.1 Å². The first-order chi connectivity index (χ1) is 8.24. The zero-order chi connectivity index (χ0) is 13.9. The van der Waals surface area contributed by atoms with Crippen LogP contribution in [0, 0.1) is 0 Å². The molecule has 1 N–H and O–H groups in total. The second-order valence-electron chi connectivity index (χ2n) is 3.20. The quantitative estimate of drug-likeness (QED) is 0.923. The van der Waals surface area contributed by atoms with Crippen molar-refractivity contribution in [2.24, 2.45) is 0 Å². The second kappa shape index (κ2) is 5.34. The molecule has 0 saturated carbocycles. The topological polar surface area (TPSA) is 55.8 Å². The van der Waals surface area contributed by atoms with E-state index in [0.717, 1.165) is 19.2 Å². The van der Waals surface area contributed by atoms with Crippen LogP contribution >= 0.6 is 11.6 Å². The van der Waals surface area contributed by atoms with E-state index < -0.39 is 18.8 Å². The predicted octanol–water partition coefficient (Wildman–Crippen LogP) is 2.99. The Morgan fingerprint density at radius 2 is 2.06 bits per heavy atom. The van der Waals surface area contributed by atoms with E-state index in [1.165, 1.54) is 0 Å². The minimum atomic E-state index is -4.53. The lowest BCUT2D eigenvalue weighted by Crippen LogP contribution is -2.19. The van der Waals surface area contributed by atoms with E-state index in [4.69, 9.17) is 21.4 Å². The van der Waals surface area contributed by atoms with Gasteiger partial charge in [0.15, 0.2) is 18.1 Å². The molecule has 8 heteroatoms. The highest BCUT2D eigenvalue weighted by molar-refractivity contribution is 6.32. The van der Waals surface area contributed by atoms with Crippen LogP contribution in [0.25, 0.3) is 0 Å². The third-order valence-electron chi connectivity index (χ3n) is 1.86. The molecule has 100 valence electrons. The minimum absolute atomic E-state index is 0.177. The molecule has 0 unspecified atom stereocenters. The van der Waals surface area contributed by atoms with Crippen molar-refractivity contribution in [3.63, 3.8) is 0 Å². The van der Waals surface area contributed by atoms with Crippen LogP contribution in [-0.2, 0) is 0 Å². The van der Waals surface area contributed by atoms with E-state index >= 15 is 0 Å². The summed E-state index contributed by atoms with van der Waals surface area (Å²) in [5.74, 6) is -1.80. The van der Waals surface area contributed by atoms with Gasteiger partial charge in [0, 0.05) is 0 Å². The molecule has 0 fully saturated rings. The minimum Gasteiger partial charge on any atom is -0.493 e. The Bertz CT molecular complexity index is 459. The lowest BCUT2D eigenvalue weighted by molar-refractivity contribution is -0.153. The van der Waals surface area contributed by atoms with E-state index in [9.17, 15) is 18.0 Å². The highest BCUT2D eigenvalue weighted by atomic mass is 35.5. The van der Waals surface area contributed by atoms with E-state index in [1.54, 1.807) is 0 Å². The number of methoxy groups -OCH3 is 1. The number of carboxylic acid groups (broad SMARTS) is 1. The molecule has 0 amide bonds. The van der Waals surface area contributed by atoms with Gasteiger partial charge in [-0.25, -0.2) is 4.79 Å². The van der Waals surface area contributed by atoms with Crippen molar-refractivity contribution < 1.29 is 32.5 Å². The first-order valence-electron chi connectivity index (χ1n) is 4.55. The highest BCUT2D eigenvalue weighted by Gasteiger charge is 2.29. The Morgan fingerprint density at radius 3 is 2.50 bits per heavy atom. The largest absolute Gasteiger partial charge is 0.493 e. The summed E-state index contributed by atoms with van der Waals surface area (Å²) in [6.45, 7) is -1.55. The number of carboxylic acids is 1. The number of aromatic carboxylic acids is 1. The normalized spacial score (nSPS) is 11.2. The van der Waals surface area contributed by atoms with Gasteiger partial charge in [-0.05, 0) is 12.1 Å². The lowest BCUT2D eigenvalue weighted by Gasteiger charge is -2.14. The molecule has 0 radical (unpaired) electrons. The van der Waals surface area contributed by atoms with Crippen molar-refractivity contribution in [3.8, 4) is 11.5 Å². The smallest absolute Gasteiger partial charge is 0.422 e. The summed E-state index contributed by atoms with van der Waals surface area (Å²) >= 11 is 5.65. The monoisotopic (exact) mass is 284 g/mol. The third kappa shape index (κ3) is 3.69. The molecule has 0 spiro atoms. The predicted molar refractivity (Wildman–Crippen MR) is 56.5 cm³/mol. The zero-order valence-electron chi connectivity index (χ0n) is 9.05. The molecule has 0 aromatic heterocycles. The Morgan fingerprint density at radius 1 is 1.44 bits per heavy atom. The average Bonchev–Trinajstić information content (AvgIpc) is 2.24. The van der Waals surface area contributed by atoms with Gasteiger partial charge in [0.25, 0.3) is 0 Å². The number of alkyl halides is 3. The fourth-order valence-corrected chi connectivity index (χ4v) is 1.40. The second-order valence-corrected chi connectivity index (χ2v) is 3.61. The molecule has 1 aromatic rings. The molecule has 4 nitrogen and oxygen atoms in total. The fraction of sp³-hybridized carbons (Fsp3) is 0.300. The van der Waals surface area contributed by atoms with Crippen LogP contribution in [-0.4, -0.2) is 31.0 Å². The van der Waals surface area contributed by atoms with E-state index in [2.05, 4.69) is 4.74 Å². The van der Waals surface area contributed by atoms with Crippen LogP contribution in [0.15, 0.2) is 12.1 Å². The summed E-state index contributed by atoms with van der Waals surface area (Å²) in [4.78, 5) is 10.7. The number of rotatable bonds is 4. The van der Waals surface area contributed by atoms with Crippen LogP contribution < -0.4 is 9.47 Å². The molecular formula is C10H8ClF3O4. The van der Waals surface area contributed by atoms with E-state index in [-0.39, 0.29) is 22.1 Å². The molecule has 0 bridgehead atoms. The number of benzene rings is 1. The maximum Gasteiger partial charge on any atom is 0.422 e. The highest BCUT2D eigenvalue weighted by Crippen LogP contribution is 2.37. The van der Waals surface area contributed by atoms with Crippen LogP contribution in [0.4, 0.5) is 13.2 Å². The lowest BCUT2D eigenvalue weighted by atomic mass is 10.2. The van der Waals surface area contributed by atoms with E-state index in [1.807, 2.05) is 0 Å². The Labute approximate surface area is 105 Å². The number of hydrogen-bond donors (Lipinski definition) is 1. The molecule has 0 aliphatic carbocycles. The number of halogens is 4. The van der Waals surface area contributed by atoms with Gasteiger partial charge in [-0.1, -0.05) is 11.6 Å². The van der Waals surface area contributed by atoms with Crippen LogP contribution in [0.3, 0.4) is 0 Å². The van der Waals surface area contributed by atoms with Crippen molar-refractivity contribution in [1.82, 2.24) is 0 Å². The first kappa shape index (κ1) is 14.4. The van der Waals surface area contributed by atoms with Gasteiger partial charge < -0.3 is 14.6 Å². The molecule has 0 aliphatic rings. The maximum atomic E-state index is 12.0. The summed E-state index contributed by atoms with van der Waals surface area (Å²) in [6.07, 6.45) is -4.53. The van der Waals surface area contributed by atoms with Gasteiger partial charge in [0.1, 0.15) is 0 Å². The standard InChI is InChI=1S/C10H8ClF3O4/c1-17-7-3-5(9(15)16)2-6(11)8(7)18-4-10(12,13)14/h2-3H,4H2,1H3,(H,15,16). The van der Waals surface area contributed by atoms with Gasteiger partial charge in [-0.2, -0.15) is 13.2 Å². The Kier molecular flexibility index (Phi) is 4.28. The third-order valence-corrected chi connectivity index (χ3v) is 2.14. The molecular weight excluding hydrogens is 277 g/mol. The maximum absolute atomic E-state index is 12.0. The van der Waals surface area contributed by atoms with Crippen molar-refractivity contribution >= 4 is 17.6 Å². The molecule has 18 heavy (non-hydrogen) atoms. The molecule has 0 atom stereocenters. The van der Waals surface area contributed by atoms with Crippen LogP contribution in [0.5, 0.6) is 11.5 Å². The average molecular weight is 285 g/mol. The number of carbonyl (C=O) groups is 1. The molecule has 0 aliphatic heterocycles. The van der Waals surface area contributed by atoms with Crippen LogP contribution in [0.1, 0.15) is 10.4 Å². The Hall–Kier alpha value is -1.63. The van der Waals surface area contributed by atoms with Gasteiger partial charge in [0.2, 0.25) is 0 Å². The summed E-state index contributed by atoms with van der Waals surface area (Å²) in [5.41, 5.74) is -0.212. The molecule has 0 heterocycles. The van der Waals surface area contributed by atoms with Crippen LogP contribution in [0.2, 0.25) is 5.02 Å². The SMILES string of the molecule is COc1cc(C(=O)O)cc(Cl)c1OCC(F)(F)F. The van der Waals surface area contributed by atoms with Crippen molar-refractivity contribution in [2.45, 2.75) is 6.18 Å². The first-order valence-corrected chi connectivity index (χ1v) is 4.93.